The van der Waals surface area contributed by atoms with Crippen LogP contribution in [0.4, 0.5) is 13.2 Å². The zero-order chi connectivity index (χ0) is 21.0. The van der Waals surface area contributed by atoms with Crippen LogP contribution in [0.3, 0.4) is 0 Å². The second-order valence-corrected chi connectivity index (χ2v) is 6.84. The van der Waals surface area contributed by atoms with E-state index in [0.717, 1.165) is 12.1 Å². The average molecular weight is 467 g/mol. The highest BCUT2D eigenvalue weighted by molar-refractivity contribution is 9.10. The van der Waals surface area contributed by atoms with Gasteiger partial charge in [0, 0.05) is 28.6 Å². The summed E-state index contributed by atoms with van der Waals surface area (Å²) < 4.78 is 41.6. The summed E-state index contributed by atoms with van der Waals surface area (Å²) in [5, 5.41) is 2.71. The summed E-state index contributed by atoms with van der Waals surface area (Å²) in [6, 6.07) is 8.26. The Kier molecular flexibility index (Phi) is 6.12. The van der Waals surface area contributed by atoms with Crippen LogP contribution in [0.15, 0.2) is 59.5 Å². The fourth-order valence-electron chi connectivity index (χ4n) is 2.60. The summed E-state index contributed by atoms with van der Waals surface area (Å²) >= 11 is 3.08. The third kappa shape index (κ3) is 5.50. The Morgan fingerprint density at radius 1 is 1.10 bits per heavy atom. The fraction of sp³-hybridized carbons (Fsp3) is 0.158. The van der Waals surface area contributed by atoms with Crippen molar-refractivity contribution < 1.29 is 22.7 Å². The number of rotatable bonds is 5. The molecule has 1 amide bonds. The molecule has 1 N–H and O–H groups in total. The van der Waals surface area contributed by atoms with Gasteiger partial charge in [0.2, 0.25) is 0 Å². The van der Waals surface area contributed by atoms with Gasteiger partial charge in [0.15, 0.2) is 0 Å². The number of carbonyl (C=O) groups excluding carboxylic acids is 1. The van der Waals surface area contributed by atoms with Gasteiger partial charge in [-0.15, -0.1) is 13.2 Å². The number of benzene rings is 1. The Labute approximate surface area is 172 Å². The topological polar surface area (TPSA) is 77.0 Å². The highest BCUT2D eigenvalue weighted by Crippen LogP contribution is 2.28. The molecule has 0 saturated heterocycles. The van der Waals surface area contributed by atoms with Crippen LogP contribution >= 0.6 is 15.9 Å². The highest BCUT2D eigenvalue weighted by Gasteiger charge is 2.31. The van der Waals surface area contributed by atoms with Crippen molar-refractivity contribution in [1.29, 1.82) is 0 Å². The van der Waals surface area contributed by atoms with Crippen LogP contribution in [0.2, 0.25) is 0 Å². The van der Waals surface area contributed by atoms with E-state index in [2.05, 4.69) is 40.9 Å². The number of pyridine rings is 1. The van der Waals surface area contributed by atoms with Gasteiger partial charge in [-0.05, 0) is 37.3 Å². The molecule has 6 nitrogen and oxygen atoms in total. The number of nitrogens with one attached hydrogen (secondary N) is 1. The minimum atomic E-state index is -4.86. The Morgan fingerprint density at radius 3 is 2.55 bits per heavy atom. The number of ether oxygens (including phenoxy) is 1. The fourth-order valence-corrected chi connectivity index (χ4v) is 3.07. The second-order valence-electron chi connectivity index (χ2n) is 5.92. The molecule has 2 heterocycles. The van der Waals surface area contributed by atoms with Crippen molar-refractivity contribution in [3.8, 4) is 17.1 Å². The molecule has 1 unspecified atom stereocenters. The maximum Gasteiger partial charge on any atom is 0.573 e. The standard InChI is InChI=1S/C19H14BrF3N4O2/c1-11(16-17(26-7-6-25-16)15-4-2-3-5-24-15)27-18(28)12-8-13(20)10-14(9-12)29-19(21,22)23/h2-11H,1H3,(H,27,28). The first-order valence-electron chi connectivity index (χ1n) is 8.32. The van der Waals surface area contributed by atoms with Crippen LogP contribution in [0.5, 0.6) is 5.75 Å². The van der Waals surface area contributed by atoms with Crippen LogP contribution < -0.4 is 10.1 Å². The zero-order valence-electron chi connectivity index (χ0n) is 14.9. The SMILES string of the molecule is CC(NC(=O)c1cc(Br)cc(OC(F)(F)F)c1)c1nccnc1-c1ccccn1. The number of hydrogen-bond donors (Lipinski definition) is 1. The molecule has 3 rings (SSSR count). The van der Waals surface area contributed by atoms with Crippen molar-refractivity contribution in [3.63, 3.8) is 0 Å². The van der Waals surface area contributed by atoms with Gasteiger partial charge in [-0.2, -0.15) is 0 Å². The molecule has 0 radical (unpaired) electrons. The number of amides is 1. The van der Waals surface area contributed by atoms with Gasteiger partial charge in [0.1, 0.15) is 11.4 Å². The molecule has 0 saturated carbocycles. The molecule has 1 aromatic carbocycles. The lowest BCUT2D eigenvalue weighted by molar-refractivity contribution is -0.274. The summed E-state index contributed by atoms with van der Waals surface area (Å²) in [6.07, 6.45) is -0.254. The highest BCUT2D eigenvalue weighted by atomic mass is 79.9. The number of nitrogens with zero attached hydrogens (tertiary/aromatic N) is 3. The van der Waals surface area contributed by atoms with Gasteiger partial charge in [-0.1, -0.05) is 22.0 Å². The molecule has 29 heavy (non-hydrogen) atoms. The number of hydrogen-bond acceptors (Lipinski definition) is 5. The summed E-state index contributed by atoms with van der Waals surface area (Å²) in [7, 11) is 0. The van der Waals surface area contributed by atoms with E-state index in [4.69, 9.17) is 0 Å². The quantitative estimate of drug-likeness (QED) is 0.590. The predicted molar refractivity (Wildman–Crippen MR) is 102 cm³/mol. The molecule has 0 spiro atoms. The minimum Gasteiger partial charge on any atom is -0.406 e. The summed E-state index contributed by atoms with van der Waals surface area (Å²) in [4.78, 5) is 25.4. The molecule has 1 atom stereocenters. The van der Waals surface area contributed by atoms with Crippen molar-refractivity contribution in [3.05, 3.63) is 70.7 Å². The third-order valence-corrected chi connectivity index (χ3v) is 4.22. The molecular weight excluding hydrogens is 453 g/mol. The van der Waals surface area contributed by atoms with Crippen LogP contribution in [0.25, 0.3) is 11.4 Å². The molecule has 3 aromatic rings. The van der Waals surface area contributed by atoms with Crippen LogP contribution in [-0.2, 0) is 0 Å². The van der Waals surface area contributed by atoms with Gasteiger partial charge in [0.25, 0.3) is 5.91 Å². The van der Waals surface area contributed by atoms with Gasteiger partial charge in [0.05, 0.1) is 17.4 Å². The first-order valence-corrected chi connectivity index (χ1v) is 9.12. The largest absolute Gasteiger partial charge is 0.573 e. The summed E-state index contributed by atoms with van der Waals surface area (Å²) in [6.45, 7) is 1.69. The van der Waals surface area contributed by atoms with Crippen molar-refractivity contribution in [2.45, 2.75) is 19.3 Å². The lowest BCUT2D eigenvalue weighted by Gasteiger charge is -2.17. The molecule has 150 valence electrons. The Bertz CT molecular complexity index is 1020. The van der Waals surface area contributed by atoms with Crippen molar-refractivity contribution >= 4 is 21.8 Å². The lowest BCUT2D eigenvalue weighted by Crippen LogP contribution is -2.28. The first-order chi connectivity index (χ1) is 13.7. The van der Waals surface area contributed by atoms with Gasteiger partial charge in [-0.3, -0.25) is 19.7 Å². The average Bonchev–Trinajstić information content (AvgIpc) is 2.66. The molecule has 0 bridgehead atoms. The van der Waals surface area contributed by atoms with Crippen LogP contribution in [0.1, 0.15) is 29.0 Å². The summed E-state index contributed by atoms with van der Waals surface area (Å²) in [5.74, 6) is -1.10. The maximum absolute atomic E-state index is 12.6. The van der Waals surface area contributed by atoms with E-state index < -0.39 is 24.1 Å². The maximum atomic E-state index is 12.6. The molecule has 0 aliphatic rings. The Morgan fingerprint density at radius 2 is 1.86 bits per heavy atom. The van der Waals surface area contributed by atoms with Gasteiger partial charge in [-0.25, -0.2) is 0 Å². The van der Waals surface area contributed by atoms with E-state index in [1.54, 1.807) is 31.3 Å². The van der Waals surface area contributed by atoms with Crippen molar-refractivity contribution in [1.82, 2.24) is 20.3 Å². The van der Waals surface area contributed by atoms with Gasteiger partial charge >= 0.3 is 6.36 Å². The van der Waals surface area contributed by atoms with Crippen molar-refractivity contribution in [2.75, 3.05) is 0 Å². The molecule has 10 heteroatoms. The monoisotopic (exact) mass is 466 g/mol. The third-order valence-electron chi connectivity index (χ3n) is 3.76. The number of alkyl halides is 3. The number of halogens is 4. The van der Waals surface area contributed by atoms with E-state index >= 15 is 0 Å². The predicted octanol–water partition coefficient (Wildman–Crippen LogP) is 4.69. The van der Waals surface area contributed by atoms with E-state index in [9.17, 15) is 18.0 Å². The van der Waals surface area contributed by atoms with E-state index in [1.165, 1.54) is 18.5 Å². The first kappa shape index (κ1) is 20.7. The van der Waals surface area contributed by atoms with E-state index in [-0.39, 0.29) is 10.0 Å². The summed E-state index contributed by atoms with van der Waals surface area (Å²) in [5.41, 5.74) is 1.55. The minimum absolute atomic E-state index is 0.00579. The normalized spacial score (nSPS) is 12.3. The van der Waals surface area contributed by atoms with Crippen LogP contribution in [-0.4, -0.2) is 27.2 Å². The molecule has 0 fully saturated rings. The van der Waals surface area contributed by atoms with E-state index in [1.807, 2.05) is 0 Å². The lowest BCUT2D eigenvalue weighted by atomic mass is 10.1. The zero-order valence-corrected chi connectivity index (χ0v) is 16.5. The Hall–Kier alpha value is -3.01. The molecule has 0 aliphatic carbocycles. The van der Waals surface area contributed by atoms with Crippen LogP contribution in [0, 0.1) is 0 Å². The smallest absolute Gasteiger partial charge is 0.406 e. The van der Waals surface area contributed by atoms with Crippen molar-refractivity contribution in [2.24, 2.45) is 0 Å². The molecular formula is C19H14BrF3N4O2. The molecule has 0 aliphatic heterocycles. The number of aromatic nitrogens is 3. The van der Waals surface area contributed by atoms with E-state index in [0.29, 0.717) is 17.1 Å². The van der Waals surface area contributed by atoms with Gasteiger partial charge < -0.3 is 10.1 Å². The molecule has 2 aromatic heterocycles. The Balaban J connectivity index is 1.84. The number of carbonyl (C=O) groups is 1. The second kappa shape index (κ2) is 8.56.